The number of nitrogens with zero attached hydrogens (tertiary/aromatic N) is 1. The van der Waals surface area contributed by atoms with E-state index in [4.69, 9.17) is 4.74 Å². The van der Waals surface area contributed by atoms with Gasteiger partial charge in [0.2, 0.25) is 0 Å². The quantitative estimate of drug-likeness (QED) is 0.619. The third-order valence-electron chi connectivity index (χ3n) is 2.67. The molecule has 84 valence electrons. The second-order valence-corrected chi connectivity index (χ2v) is 3.90. The molecular formula is C10H22N2O2. The Morgan fingerprint density at radius 1 is 1.64 bits per heavy atom. The largest absolute Gasteiger partial charge is 0.389 e. The van der Waals surface area contributed by atoms with E-state index in [-0.39, 0.29) is 6.10 Å². The number of rotatable bonds is 6. The normalized spacial score (nSPS) is 24.4. The minimum Gasteiger partial charge on any atom is -0.389 e. The second-order valence-electron chi connectivity index (χ2n) is 3.90. The predicted octanol–water partition coefficient (Wildman–Crippen LogP) is -0.322. The first-order valence-corrected chi connectivity index (χ1v) is 5.40. The smallest absolute Gasteiger partial charge is 0.0900 e. The fraction of sp³-hybridized carbons (Fsp3) is 1.00. The first kappa shape index (κ1) is 11.9. The molecule has 1 aliphatic heterocycles. The molecule has 0 saturated carbocycles. The minimum absolute atomic E-state index is 0.361. The van der Waals surface area contributed by atoms with Crippen LogP contribution in [0.1, 0.15) is 13.3 Å². The summed E-state index contributed by atoms with van der Waals surface area (Å²) in [6, 6.07) is 0.575. The Labute approximate surface area is 86.2 Å². The van der Waals surface area contributed by atoms with Crippen molar-refractivity contribution in [2.24, 2.45) is 0 Å². The van der Waals surface area contributed by atoms with Crippen molar-refractivity contribution in [3.8, 4) is 0 Å². The Balaban J connectivity index is 2.14. The third-order valence-corrected chi connectivity index (χ3v) is 2.67. The molecule has 4 nitrogen and oxygen atoms in total. The van der Waals surface area contributed by atoms with Crippen LogP contribution in [0.4, 0.5) is 0 Å². The average Bonchev–Trinajstić information content (AvgIpc) is 2.67. The molecule has 1 heterocycles. The van der Waals surface area contributed by atoms with Crippen molar-refractivity contribution in [3.05, 3.63) is 0 Å². The van der Waals surface area contributed by atoms with Crippen LogP contribution < -0.4 is 5.32 Å². The number of hydrogen-bond donors (Lipinski definition) is 2. The second kappa shape index (κ2) is 6.35. The highest BCUT2D eigenvalue weighted by Gasteiger charge is 2.20. The molecule has 1 saturated heterocycles. The van der Waals surface area contributed by atoms with E-state index in [1.807, 2.05) is 6.92 Å². The third kappa shape index (κ3) is 3.92. The van der Waals surface area contributed by atoms with Gasteiger partial charge in [0, 0.05) is 25.7 Å². The lowest BCUT2D eigenvalue weighted by atomic mass is 10.2. The van der Waals surface area contributed by atoms with E-state index in [0.29, 0.717) is 25.8 Å². The van der Waals surface area contributed by atoms with Crippen LogP contribution >= 0.6 is 0 Å². The molecule has 1 rings (SSSR count). The molecule has 2 N–H and O–H groups in total. The number of ether oxygens (including phenoxy) is 1. The van der Waals surface area contributed by atoms with Gasteiger partial charge in [0.25, 0.3) is 0 Å². The Hall–Kier alpha value is -0.160. The summed E-state index contributed by atoms with van der Waals surface area (Å²) in [4.78, 5) is 2.21. The molecule has 14 heavy (non-hydrogen) atoms. The molecule has 1 aliphatic rings. The van der Waals surface area contributed by atoms with Gasteiger partial charge in [-0.05, 0) is 26.9 Å². The van der Waals surface area contributed by atoms with Crippen LogP contribution in [0, 0.1) is 0 Å². The van der Waals surface area contributed by atoms with Crippen molar-refractivity contribution < 1.29 is 9.84 Å². The summed E-state index contributed by atoms with van der Waals surface area (Å²) in [6.45, 7) is 5.89. The molecule has 0 aromatic heterocycles. The summed E-state index contributed by atoms with van der Waals surface area (Å²) in [7, 11) is 2.06. The van der Waals surface area contributed by atoms with Gasteiger partial charge >= 0.3 is 0 Å². The number of likely N-dealkylation sites (N-methyl/N-ethyl adjacent to an activating group) is 1. The molecule has 0 aromatic carbocycles. The summed E-state index contributed by atoms with van der Waals surface area (Å²) in [5.74, 6) is 0. The Bertz CT molecular complexity index is 149. The molecule has 0 aromatic rings. The van der Waals surface area contributed by atoms with Gasteiger partial charge in [-0.15, -0.1) is 0 Å². The van der Waals surface area contributed by atoms with E-state index >= 15 is 0 Å². The lowest BCUT2D eigenvalue weighted by Crippen LogP contribution is -2.40. The van der Waals surface area contributed by atoms with Crippen LogP contribution in [0.3, 0.4) is 0 Å². The molecule has 0 amide bonds. The standard InChI is InChI=1S/C10H22N2O2/c1-3-14-8-10(13)7-12(2)9-4-5-11-6-9/h9-11,13H,3-8H2,1-2H3. The molecule has 2 atom stereocenters. The first-order valence-electron chi connectivity index (χ1n) is 5.40. The van der Waals surface area contributed by atoms with Gasteiger partial charge in [0.05, 0.1) is 12.7 Å². The molecule has 0 aliphatic carbocycles. The Morgan fingerprint density at radius 3 is 3.00 bits per heavy atom. The number of aliphatic hydroxyl groups is 1. The Kier molecular flexibility index (Phi) is 5.40. The van der Waals surface area contributed by atoms with Gasteiger partial charge in [0.1, 0.15) is 0 Å². The highest BCUT2D eigenvalue weighted by atomic mass is 16.5. The fourth-order valence-corrected chi connectivity index (χ4v) is 1.80. The minimum atomic E-state index is -0.361. The van der Waals surface area contributed by atoms with E-state index in [9.17, 15) is 5.11 Å². The summed E-state index contributed by atoms with van der Waals surface area (Å²) in [5.41, 5.74) is 0. The first-order chi connectivity index (χ1) is 6.74. The van der Waals surface area contributed by atoms with Crippen molar-refractivity contribution in [1.82, 2.24) is 10.2 Å². The lowest BCUT2D eigenvalue weighted by molar-refractivity contribution is 0.0198. The van der Waals surface area contributed by atoms with Crippen LogP contribution in [0.15, 0.2) is 0 Å². The monoisotopic (exact) mass is 202 g/mol. The van der Waals surface area contributed by atoms with Gasteiger partial charge in [-0.2, -0.15) is 0 Å². The fourth-order valence-electron chi connectivity index (χ4n) is 1.80. The van der Waals surface area contributed by atoms with E-state index in [0.717, 1.165) is 13.1 Å². The van der Waals surface area contributed by atoms with Crippen LogP contribution in [-0.2, 0) is 4.74 Å². The van der Waals surface area contributed by atoms with Crippen molar-refractivity contribution in [2.45, 2.75) is 25.5 Å². The van der Waals surface area contributed by atoms with Crippen LogP contribution in [-0.4, -0.2) is 62.0 Å². The maximum Gasteiger partial charge on any atom is 0.0900 e. The zero-order valence-corrected chi connectivity index (χ0v) is 9.20. The predicted molar refractivity (Wildman–Crippen MR) is 56.4 cm³/mol. The summed E-state index contributed by atoms with van der Waals surface area (Å²) in [5, 5.41) is 12.9. The van der Waals surface area contributed by atoms with E-state index in [2.05, 4.69) is 17.3 Å². The number of aliphatic hydroxyl groups excluding tert-OH is 1. The molecule has 0 radical (unpaired) electrons. The van der Waals surface area contributed by atoms with Crippen molar-refractivity contribution in [3.63, 3.8) is 0 Å². The van der Waals surface area contributed by atoms with Crippen molar-refractivity contribution in [2.75, 3.05) is 39.9 Å². The lowest BCUT2D eigenvalue weighted by Gasteiger charge is -2.25. The average molecular weight is 202 g/mol. The molecule has 2 unspecified atom stereocenters. The van der Waals surface area contributed by atoms with E-state index < -0.39 is 0 Å². The van der Waals surface area contributed by atoms with Gasteiger partial charge in [-0.3, -0.25) is 4.90 Å². The highest BCUT2D eigenvalue weighted by molar-refractivity contribution is 4.79. The van der Waals surface area contributed by atoms with E-state index in [1.54, 1.807) is 0 Å². The van der Waals surface area contributed by atoms with Gasteiger partial charge in [0.15, 0.2) is 0 Å². The number of nitrogens with one attached hydrogen (secondary N) is 1. The molecule has 4 heteroatoms. The maximum atomic E-state index is 9.62. The van der Waals surface area contributed by atoms with Gasteiger partial charge in [-0.1, -0.05) is 0 Å². The highest BCUT2D eigenvalue weighted by Crippen LogP contribution is 2.06. The molecule has 0 spiro atoms. The van der Waals surface area contributed by atoms with Gasteiger partial charge in [-0.25, -0.2) is 0 Å². The summed E-state index contributed by atoms with van der Waals surface area (Å²) < 4.78 is 5.17. The summed E-state index contributed by atoms with van der Waals surface area (Å²) >= 11 is 0. The van der Waals surface area contributed by atoms with Gasteiger partial charge < -0.3 is 15.2 Å². The molecular weight excluding hydrogens is 180 g/mol. The van der Waals surface area contributed by atoms with Crippen LogP contribution in [0.25, 0.3) is 0 Å². The zero-order valence-electron chi connectivity index (χ0n) is 9.20. The molecule has 1 fully saturated rings. The van der Waals surface area contributed by atoms with Crippen molar-refractivity contribution in [1.29, 1.82) is 0 Å². The maximum absolute atomic E-state index is 9.62. The number of hydrogen-bond acceptors (Lipinski definition) is 4. The summed E-state index contributed by atoms with van der Waals surface area (Å²) in [6.07, 6.45) is 0.818. The zero-order chi connectivity index (χ0) is 10.4. The van der Waals surface area contributed by atoms with Crippen LogP contribution in [0.2, 0.25) is 0 Å². The molecule has 0 bridgehead atoms. The van der Waals surface area contributed by atoms with Crippen LogP contribution in [0.5, 0.6) is 0 Å². The van der Waals surface area contributed by atoms with Crippen molar-refractivity contribution >= 4 is 0 Å². The SMILES string of the molecule is CCOCC(O)CN(C)C1CCNC1. The Morgan fingerprint density at radius 2 is 2.43 bits per heavy atom. The topological polar surface area (TPSA) is 44.7 Å². The van der Waals surface area contributed by atoms with E-state index in [1.165, 1.54) is 6.42 Å².